The summed E-state index contributed by atoms with van der Waals surface area (Å²) in [5.41, 5.74) is 0.775. The van der Waals surface area contributed by atoms with Crippen molar-refractivity contribution >= 4 is 22.0 Å². The number of carbonyl (C=O) groups excluding carboxylic acids is 1. The second-order valence-electron chi connectivity index (χ2n) is 6.74. The number of hydrogen-bond acceptors (Lipinski definition) is 4. The van der Waals surface area contributed by atoms with Crippen LogP contribution in [0.15, 0.2) is 22.9 Å². The van der Waals surface area contributed by atoms with E-state index in [1.54, 1.807) is 6.20 Å². The molecule has 0 unspecified atom stereocenters. The molecule has 0 aromatic carbocycles. The normalized spacial score (nSPS) is 20.0. The van der Waals surface area contributed by atoms with E-state index >= 15 is 0 Å². The molecule has 0 radical (unpaired) electrons. The minimum atomic E-state index is -0.447. The fourth-order valence-corrected chi connectivity index (χ4v) is 2.98. The molecule has 1 saturated heterocycles. The summed E-state index contributed by atoms with van der Waals surface area (Å²) in [5.74, 6) is 0. The lowest BCUT2D eigenvalue weighted by atomic mass is 10.1. The Hall–Kier alpha value is -1.14. The van der Waals surface area contributed by atoms with E-state index < -0.39 is 5.60 Å². The molecule has 0 spiro atoms. The lowest BCUT2D eigenvalue weighted by Crippen LogP contribution is -2.54. The maximum Gasteiger partial charge on any atom is 0.410 e. The van der Waals surface area contributed by atoms with Crippen LogP contribution < -0.4 is 0 Å². The van der Waals surface area contributed by atoms with Crippen molar-refractivity contribution in [3.63, 3.8) is 0 Å². The van der Waals surface area contributed by atoms with E-state index in [-0.39, 0.29) is 12.1 Å². The van der Waals surface area contributed by atoms with Gasteiger partial charge in [0.25, 0.3) is 0 Å². The predicted molar refractivity (Wildman–Crippen MR) is 89.6 cm³/mol. The Morgan fingerprint density at radius 1 is 1.45 bits per heavy atom. The van der Waals surface area contributed by atoms with Crippen LogP contribution in [0.3, 0.4) is 0 Å². The third kappa shape index (κ3) is 4.95. The van der Waals surface area contributed by atoms with E-state index in [1.807, 2.05) is 37.8 Å². The minimum Gasteiger partial charge on any atom is -0.444 e. The lowest BCUT2D eigenvalue weighted by Gasteiger charge is -2.40. The van der Waals surface area contributed by atoms with Gasteiger partial charge in [0.05, 0.1) is 0 Å². The number of aromatic nitrogens is 1. The van der Waals surface area contributed by atoms with Crippen LogP contribution in [-0.4, -0.2) is 52.2 Å². The van der Waals surface area contributed by atoms with Gasteiger partial charge in [-0.2, -0.15) is 0 Å². The third-order valence-corrected chi connectivity index (χ3v) is 3.97. The SMILES string of the molecule is C[C@H]1CN(Cc2ccnc(Br)c2)CCN1C(=O)OC(C)(C)C. The first-order valence-electron chi connectivity index (χ1n) is 7.57. The molecule has 122 valence electrons. The molecule has 22 heavy (non-hydrogen) atoms. The third-order valence-electron chi connectivity index (χ3n) is 3.54. The Bertz CT molecular complexity index is 530. The van der Waals surface area contributed by atoms with Crippen molar-refractivity contribution in [2.75, 3.05) is 19.6 Å². The van der Waals surface area contributed by atoms with Crippen LogP contribution in [0.25, 0.3) is 0 Å². The molecule has 2 rings (SSSR count). The van der Waals surface area contributed by atoms with Crippen molar-refractivity contribution in [1.29, 1.82) is 0 Å². The van der Waals surface area contributed by atoms with Gasteiger partial charge in [0.15, 0.2) is 0 Å². The number of hydrogen-bond donors (Lipinski definition) is 0. The van der Waals surface area contributed by atoms with Gasteiger partial charge in [-0.25, -0.2) is 9.78 Å². The van der Waals surface area contributed by atoms with E-state index in [9.17, 15) is 4.79 Å². The minimum absolute atomic E-state index is 0.147. The molecule has 1 aromatic heterocycles. The number of carbonyl (C=O) groups is 1. The zero-order chi connectivity index (χ0) is 16.3. The van der Waals surface area contributed by atoms with Crippen LogP contribution in [0.1, 0.15) is 33.3 Å². The highest BCUT2D eigenvalue weighted by molar-refractivity contribution is 9.10. The number of amides is 1. The summed E-state index contributed by atoms with van der Waals surface area (Å²) in [6.07, 6.45) is 1.59. The highest BCUT2D eigenvalue weighted by Crippen LogP contribution is 2.18. The molecule has 0 aliphatic carbocycles. The molecule has 1 aliphatic heterocycles. The standard InChI is InChI=1S/C16H24BrN3O2/c1-12-10-19(11-13-5-6-18-14(17)9-13)7-8-20(12)15(21)22-16(2,3)4/h5-6,9,12H,7-8,10-11H2,1-4H3/t12-/m0/s1. The van der Waals surface area contributed by atoms with Gasteiger partial charge in [-0.15, -0.1) is 0 Å². The number of piperazine rings is 1. The van der Waals surface area contributed by atoms with Crippen molar-refractivity contribution in [2.24, 2.45) is 0 Å². The van der Waals surface area contributed by atoms with Gasteiger partial charge in [-0.05, 0) is 61.3 Å². The van der Waals surface area contributed by atoms with Crippen LogP contribution in [0, 0.1) is 0 Å². The Labute approximate surface area is 140 Å². The Morgan fingerprint density at radius 2 is 2.18 bits per heavy atom. The zero-order valence-electron chi connectivity index (χ0n) is 13.7. The van der Waals surface area contributed by atoms with E-state index in [1.165, 1.54) is 5.56 Å². The number of ether oxygens (including phenoxy) is 1. The van der Waals surface area contributed by atoms with Gasteiger partial charge < -0.3 is 9.64 Å². The summed E-state index contributed by atoms with van der Waals surface area (Å²) in [7, 11) is 0. The average molecular weight is 370 g/mol. The first-order chi connectivity index (χ1) is 10.2. The molecule has 1 aromatic rings. The van der Waals surface area contributed by atoms with Gasteiger partial charge in [0.1, 0.15) is 10.2 Å². The van der Waals surface area contributed by atoms with E-state index in [2.05, 4.69) is 32.7 Å². The molecule has 0 bridgehead atoms. The van der Waals surface area contributed by atoms with Crippen LogP contribution in [0.5, 0.6) is 0 Å². The van der Waals surface area contributed by atoms with Gasteiger partial charge in [0.2, 0.25) is 0 Å². The van der Waals surface area contributed by atoms with Crippen LogP contribution >= 0.6 is 15.9 Å². The van der Waals surface area contributed by atoms with E-state index in [4.69, 9.17) is 4.74 Å². The van der Waals surface area contributed by atoms with Crippen molar-refractivity contribution in [1.82, 2.24) is 14.8 Å². The quantitative estimate of drug-likeness (QED) is 0.750. The van der Waals surface area contributed by atoms with Gasteiger partial charge in [0, 0.05) is 38.4 Å². The Morgan fingerprint density at radius 3 is 2.77 bits per heavy atom. The molecule has 1 atom stereocenters. The van der Waals surface area contributed by atoms with E-state index in [0.29, 0.717) is 6.54 Å². The summed E-state index contributed by atoms with van der Waals surface area (Å²) in [5, 5.41) is 0. The molecular formula is C16H24BrN3O2. The molecule has 1 aliphatic rings. The summed E-state index contributed by atoms with van der Waals surface area (Å²) in [4.78, 5) is 20.5. The fraction of sp³-hybridized carbons (Fsp3) is 0.625. The predicted octanol–water partition coefficient (Wildman–Crippen LogP) is 3.29. The molecule has 0 N–H and O–H groups in total. The second-order valence-corrected chi connectivity index (χ2v) is 7.56. The fourth-order valence-electron chi connectivity index (χ4n) is 2.57. The van der Waals surface area contributed by atoms with Crippen molar-refractivity contribution < 1.29 is 9.53 Å². The maximum atomic E-state index is 12.2. The number of nitrogens with zero attached hydrogens (tertiary/aromatic N) is 3. The molecule has 2 heterocycles. The van der Waals surface area contributed by atoms with Crippen LogP contribution in [-0.2, 0) is 11.3 Å². The number of pyridine rings is 1. The zero-order valence-corrected chi connectivity index (χ0v) is 15.3. The van der Waals surface area contributed by atoms with Crippen molar-refractivity contribution in [3.05, 3.63) is 28.5 Å². The average Bonchev–Trinajstić information content (AvgIpc) is 2.36. The Kier molecular flexibility index (Phi) is 5.45. The summed E-state index contributed by atoms with van der Waals surface area (Å²) >= 11 is 3.40. The monoisotopic (exact) mass is 369 g/mol. The number of rotatable bonds is 2. The topological polar surface area (TPSA) is 45.7 Å². The summed E-state index contributed by atoms with van der Waals surface area (Å²) in [6.45, 7) is 11.0. The van der Waals surface area contributed by atoms with Gasteiger partial charge in [-0.1, -0.05) is 0 Å². The van der Waals surface area contributed by atoms with Gasteiger partial charge in [-0.3, -0.25) is 4.90 Å². The smallest absolute Gasteiger partial charge is 0.410 e. The highest BCUT2D eigenvalue weighted by atomic mass is 79.9. The molecule has 0 saturated carbocycles. The molecule has 1 fully saturated rings. The van der Waals surface area contributed by atoms with Crippen molar-refractivity contribution in [3.8, 4) is 0 Å². The number of halogens is 1. The van der Waals surface area contributed by atoms with Crippen LogP contribution in [0.2, 0.25) is 0 Å². The van der Waals surface area contributed by atoms with Crippen LogP contribution in [0.4, 0.5) is 4.79 Å². The summed E-state index contributed by atoms with van der Waals surface area (Å²) < 4.78 is 6.32. The molecule has 5 nitrogen and oxygen atoms in total. The largest absolute Gasteiger partial charge is 0.444 e. The first-order valence-corrected chi connectivity index (χ1v) is 8.36. The second kappa shape index (κ2) is 6.96. The van der Waals surface area contributed by atoms with Crippen molar-refractivity contribution in [2.45, 2.75) is 45.9 Å². The lowest BCUT2D eigenvalue weighted by molar-refractivity contribution is 0.000560. The molecular weight excluding hydrogens is 346 g/mol. The molecule has 6 heteroatoms. The summed E-state index contributed by atoms with van der Waals surface area (Å²) in [6, 6.07) is 4.20. The highest BCUT2D eigenvalue weighted by Gasteiger charge is 2.30. The Balaban J connectivity index is 1.91. The van der Waals surface area contributed by atoms with E-state index in [0.717, 1.165) is 24.2 Å². The molecule has 1 amide bonds. The maximum absolute atomic E-state index is 12.2. The van der Waals surface area contributed by atoms with Gasteiger partial charge >= 0.3 is 6.09 Å². The first kappa shape index (κ1) is 17.2.